The Kier molecular flexibility index (Phi) is 4.70. The van der Waals surface area contributed by atoms with E-state index in [1.165, 1.54) is 6.92 Å². The highest BCUT2D eigenvalue weighted by molar-refractivity contribution is 6.02. The minimum absolute atomic E-state index is 0.00295. The lowest BCUT2D eigenvalue weighted by Crippen LogP contribution is -2.32. The number of ketones is 1. The van der Waals surface area contributed by atoms with Gasteiger partial charge in [-0.2, -0.15) is 0 Å². The maximum atomic E-state index is 12.1. The van der Waals surface area contributed by atoms with Gasteiger partial charge >= 0.3 is 0 Å². The number of nitrogens with one attached hydrogen (secondary N) is 2. The predicted molar refractivity (Wildman–Crippen MR) is 72.1 cm³/mol. The lowest BCUT2D eigenvalue weighted by atomic mass is 10.0. The predicted octanol–water partition coefficient (Wildman–Crippen LogP) is 2.62. The molecule has 0 bridgehead atoms. The molecule has 1 heterocycles. The van der Waals surface area contributed by atoms with Gasteiger partial charge in [0.2, 0.25) is 0 Å². The van der Waals surface area contributed by atoms with Gasteiger partial charge in [0.05, 0.1) is 0 Å². The van der Waals surface area contributed by atoms with Gasteiger partial charge in [0, 0.05) is 17.3 Å². The molecule has 0 aliphatic rings. The van der Waals surface area contributed by atoms with Gasteiger partial charge in [0.15, 0.2) is 5.78 Å². The number of aromatic nitrogens is 1. The minimum Gasteiger partial charge on any atom is -0.354 e. The molecule has 0 aliphatic carbocycles. The first-order valence-corrected chi connectivity index (χ1v) is 6.45. The average Bonchev–Trinajstić information content (AvgIpc) is 2.65. The topological polar surface area (TPSA) is 62.0 Å². The molecule has 0 fully saturated rings. The van der Waals surface area contributed by atoms with Crippen LogP contribution < -0.4 is 5.32 Å². The molecule has 0 aromatic carbocycles. The lowest BCUT2D eigenvalue weighted by molar-refractivity contribution is 0.0933. The van der Waals surface area contributed by atoms with Gasteiger partial charge in [0.25, 0.3) is 5.91 Å². The van der Waals surface area contributed by atoms with Crippen molar-refractivity contribution in [1.82, 2.24) is 10.3 Å². The van der Waals surface area contributed by atoms with Crippen LogP contribution in [0.25, 0.3) is 0 Å². The van der Waals surface area contributed by atoms with Crippen molar-refractivity contribution < 1.29 is 9.59 Å². The fourth-order valence-corrected chi connectivity index (χ4v) is 2.10. The number of H-pyrrole nitrogens is 1. The normalized spacial score (nSPS) is 12.3. The summed E-state index contributed by atoms with van der Waals surface area (Å²) >= 11 is 0. The van der Waals surface area contributed by atoms with Crippen LogP contribution in [0.2, 0.25) is 0 Å². The molecule has 18 heavy (non-hydrogen) atoms. The maximum absolute atomic E-state index is 12.1. The van der Waals surface area contributed by atoms with E-state index in [9.17, 15) is 9.59 Å². The highest BCUT2D eigenvalue weighted by atomic mass is 16.2. The SMILES string of the molecule is CCc1c(C(=O)NC(C)CC)[nH]c(C)c1C(C)=O. The summed E-state index contributed by atoms with van der Waals surface area (Å²) in [6, 6.07) is 0.131. The molecule has 1 amide bonds. The molecule has 1 aromatic heterocycles. The summed E-state index contributed by atoms with van der Waals surface area (Å²) in [5.74, 6) is -0.125. The smallest absolute Gasteiger partial charge is 0.268 e. The summed E-state index contributed by atoms with van der Waals surface area (Å²) in [7, 11) is 0. The van der Waals surface area contributed by atoms with E-state index in [0.717, 1.165) is 17.7 Å². The Hall–Kier alpha value is -1.58. The third-order valence-corrected chi connectivity index (χ3v) is 3.21. The zero-order chi connectivity index (χ0) is 13.9. The van der Waals surface area contributed by atoms with Crippen LogP contribution in [0.15, 0.2) is 0 Å². The minimum atomic E-state index is -0.128. The van der Waals surface area contributed by atoms with Crippen LogP contribution in [-0.4, -0.2) is 22.7 Å². The molecule has 0 saturated heterocycles. The van der Waals surface area contributed by atoms with Crippen molar-refractivity contribution in [3.8, 4) is 0 Å². The van der Waals surface area contributed by atoms with Crippen molar-refractivity contribution in [2.75, 3.05) is 0 Å². The van der Waals surface area contributed by atoms with Gasteiger partial charge in [-0.1, -0.05) is 13.8 Å². The molecule has 1 rings (SSSR count). The Bertz CT molecular complexity index is 461. The van der Waals surface area contributed by atoms with E-state index < -0.39 is 0 Å². The molecule has 100 valence electrons. The van der Waals surface area contributed by atoms with Crippen molar-refractivity contribution >= 4 is 11.7 Å². The quantitative estimate of drug-likeness (QED) is 0.789. The van der Waals surface area contributed by atoms with E-state index in [4.69, 9.17) is 0 Å². The van der Waals surface area contributed by atoms with Crippen LogP contribution in [-0.2, 0) is 6.42 Å². The number of hydrogen-bond donors (Lipinski definition) is 2. The molecule has 1 aromatic rings. The summed E-state index contributed by atoms with van der Waals surface area (Å²) in [5.41, 5.74) is 2.78. The lowest BCUT2D eigenvalue weighted by Gasteiger charge is -2.11. The molecule has 0 radical (unpaired) electrons. The molecule has 4 nitrogen and oxygen atoms in total. The van der Waals surface area contributed by atoms with Crippen molar-refractivity contribution in [3.63, 3.8) is 0 Å². The summed E-state index contributed by atoms with van der Waals surface area (Å²) in [6.45, 7) is 9.30. The molecule has 4 heteroatoms. The molecule has 2 N–H and O–H groups in total. The number of carbonyl (C=O) groups excluding carboxylic acids is 2. The Morgan fingerprint density at radius 1 is 1.33 bits per heavy atom. The molecule has 0 spiro atoms. The first kappa shape index (κ1) is 14.5. The largest absolute Gasteiger partial charge is 0.354 e. The van der Waals surface area contributed by atoms with Crippen LogP contribution in [0.4, 0.5) is 0 Å². The van der Waals surface area contributed by atoms with Gasteiger partial charge in [0.1, 0.15) is 5.69 Å². The van der Waals surface area contributed by atoms with Gasteiger partial charge < -0.3 is 10.3 Å². The Morgan fingerprint density at radius 2 is 1.94 bits per heavy atom. The number of hydrogen-bond acceptors (Lipinski definition) is 2. The van der Waals surface area contributed by atoms with Crippen molar-refractivity contribution in [2.24, 2.45) is 0 Å². The number of aromatic amines is 1. The van der Waals surface area contributed by atoms with Gasteiger partial charge in [-0.3, -0.25) is 9.59 Å². The van der Waals surface area contributed by atoms with E-state index in [1.54, 1.807) is 0 Å². The molecule has 1 unspecified atom stereocenters. The highest BCUT2D eigenvalue weighted by Gasteiger charge is 2.21. The first-order chi connectivity index (χ1) is 8.42. The standard InChI is InChI=1S/C14H22N2O2/c1-6-8(3)15-14(18)13-11(7-2)12(10(5)17)9(4)16-13/h8,16H,6-7H2,1-5H3,(H,15,18). The summed E-state index contributed by atoms with van der Waals surface area (Å²) in [4.78, 5) is 26.8. The fourth-order valence-electron chi connectivity index (χ4n) is 2.10. The monoisotopic (exact) mass is 250 g/mol. The number of rotatable bonds is 5. The van der Waals surface area contributed by atoms with Gasteiger partial charge in [-0.05, 0) is 39.2 Å². The zero-order valence-corrected chi connectivity index (χ0v) is 11.8. The van der Waals surface area contributed by atoms with E-state index >= 15 is 0 Å². The zero-order valence-electron chi connectivity index (χ0n) is 11.8. The van der Waals surface area contributed by atoms with E-state index in [2.05, 4.69) is 10.3 Å². The third-order valence-electron chi connectivity index (χ3n) is 3.21. The Labute approximate surface area is 108 Å². The van der Waals surface area contributed by atoms with Crippen LogP contribution in [0, 0.1) is 6.92 Å². The van der Waals surface area contributed by atoms with Gasteiger partial charge in [-0.25, -0.2) is 0 Å². The second kappa shape index (κ2) is 5.85. The number of amides is 1. The van der Waals surface area contributed by atoms with Crippen LogP contribution in [0.3, 0.4) is 0 Å². The second-order valence-electron chi connectivity index (χ2n) is 4.67. The van der Waals surface area contributed by atoms with Crippen molar-refractivity contribution in [1.29, 1.82) is 0 Å². The third kappa shape index (κ3) is 2.81. The summed E-state index contributed by atoms with van der Waals surface area (Å²) in [5, 5.41) is 2.92. The summed E-state index contributed by atoms with van der Waals surface area (Å²) < 4.78 is 0. The fraction of sp³-hybridized carbons (Fsp3) is 0.571. The Morgan fingerprint density at radius 3 is 2.39 bits per heavy atom. The second-order valence-corrected chi connectivity index (χ2v) is 4.67. The van der Waals surface area contributed by atoms with Crippen molar-refractivity contribution in [3.05, 3.63) is 22.5 Å². The first-order valence-electron chi connectivity index (χ1n) is 6.45. The molecule has 1 atom stereocenters. The van der Waals surface area contributed by atoms with Crippen LogP contribution in [0.5, 0.6) is 0 Å². The van der Waals surface area contributed by atoms with E-state index in [1.807, 2.05) is 27.7 Å². The molecule has 0 saturated carbocycles. The highest BCUT2D eigenvalue weighted by Crippen LogP contribution is 2.20. The van der Waals surface area contributed by atoms with E-state index in [-0.39, 0.29) is 17.7 Å². The number of Topliss-reactive ketones (excluding diaryl/α,β-unsaturated/α-hetero) is 1. The Balaban J connectivity index is 3.13. The molecular formula is C14H22N2O2. The van der Waals surface area contributed by atoms with Crippen LogP contribution in [0.1, 0.15) is 66.2 Å². The molecular weight excluding hydrogens is 228 g/mol. The average molecular weight is 250 g/mol. The number of aryl methyl sites for hydroxylation is 1. The van der Waals surface area contributed by atoms with Crippen molar-refractivity contribution in [2.45, 2.75) is 53.5 Å². The number of carbonyl (C=O) groups is 2. The van der Waals surface area contributed by atoms with Crippen LogP contribution >= 0.6 is 0 Å². The summed E-state index contributed by atoms with van der Waals surface area (Å²) in [6.07, 6.45) is 1.55. The maximum Gasteiger partial charge on any atom is 0.268 e. The molecule has 0 aliphatic heterocycles. The van der Waals surface area contributed by atoms with E-state index in [0.29, 0.717) is 17.7 Å². The van der Waals surface area contributed by atoms with Gasteiger partial charge in [-0.15, -0.1) is 0 Å².